The van der Waals surface area contributed by atoms with Crippen LogP contribution in [0.3, 0.4) is 0 Å². The molecule has 1 N–H and O–H groups in total. The summed E-state index contributed by atoms with van der Waals surface area (Å²) in [7, 11) is 0. The number of amides is 1. The number of ether oxygens (including phenoxy) is 2. The Balaban J connectivity index is 1.43. The number of rotatable bonds is 8. The number of carbonyl (C=O) groups excluding carboxylic acids is 1. The zero-order valence-corrected chi connectivity index (χ0v) is 17.4. The zero-order chi connectivity index (χ0) is 20.9. The number of carbonyl (C=O) groups is 1. The van der Waals surface area contributed by atoms with Gasteiger partial charge in [0.25, 0.3) is 11.9 Å². The maximum absolute atomic E-state index is 12.7. The number of fused-ring (bicyclic) bond motifs is 1. The lowest BCUT2D eigenvalue weighted by Gasteiger charge is -2.23. The van der Waals surface area contributed by atoms with Crippen LogP contribution in [0.1, 0.15) is 37.0 Å². The maximum atomic E-state index is 12.7. The number of para-hydroxylation sites is 2. The van der Waals surface area contributed by atoms with E-state index in [9.17, 15) is 4.79 Å². The summed E-state index contributed by atoms with van der Waals surface area (Å²) >= 11 is 0. The van der Waals surface area contributed by atoms with Gasteiger partial charge in [-0.15, -0.1) is 0 Å². The van der Waals surface area contributed by atoms with Crippen molar-refractivity contribution >= 4 is 23.0 Å². The van der Waals surface area contributed by atoms with Crippen LogP contribution < -0.4 is 19.7 Å². The van der Waals surface area contributed by atoms with Crippen LogP contribution in [0.4, 0.5) is 6.01 Å². The number of nitrogens with zero attached hydrogens (tertiary/aromatic N) is 2. The Hall–Kier alpha value is -3.22. The molecule has 7 heteroatoms. The fourth-order valence-corrected chi connectivity index (χ4v) is 3.79. The van der Waals surface area contributed by atoms with Crippen molar-refractivity contribution in [3.8, 4) is 11.5 Å². The van der Waals surface area contributed by atoms with Crippen LogP contribution in [-0.4, -0.2) is 43.2 Å². The third-order valence-corrected chi connectivity index (χ3v) is 5.21. The van der Waals surface area contributed by atoms with Crippen molar-refractivity contribution in [3.05, 3.63) is 48.0 Å². The molecule has 30 heavy (non-hydrogen) atoms. The van der Waals surface area contributed by atoms with Crippen molar-refractivity contribution in [2.75, 3.05) is 31.2 Å². The summed E-state index contributed by atoms with van der Waals surface area (Å²) in [5.41, 5.74) is 2.17. The van der Waals surface area contributed by atoms with E-state index >= 15 is 0 Å². The third kappa shape index (κ3) is 4.20. The molecule has 1 fully saturated rings. The second-order valence-electron chi connectivity index (χ2n) is 7.19. The Kier molecular flexibility index (Phi) is 6.07. The van der Waals surface area contributed by atoms with Gasteiger partial charge in [-0.1, -0.05) is 12.1 Å². The zero-order valence-electron chi connectivity index (χ0n) is 17.4. The minimum Gasteiger partial charge on any atom is -0.490 e. The summed E-state index contributed by atoms with van der Waals surface area (Å²) in [5, 5.41) is 3.05. The van der Waals surface area contributed by atoms with E-state index < -0.39 is 0 Å². The molecule has 158 valence electrons. The number of nitrogens with one attached hydrogen (secondary N) is 1. The van der Waals surface area contributed by atoms with Crippen molar-refractivity contribution in [1.82, 2.24) is 10.3 Å². The number of aromatic nitrogens is 1. The van der Waals surface area contributed by atoms with Gasteiger partial charge in [0.15, 0.2) is 17.1 Å². The van der Waals surface area contributed by atoms with Crippen LogP contribution in [0.5, 0.6) is 11.5 Å². The summed E-state index contributed by atoms with van der Waals surface area (Å²) in [6.45, 7) is 6.26. The van der Waals surface area contributed by atoms with Crippen molar-refractivity contribution in [2.45, 2.75) is 32.7 Å². The van der Waals surface area contributed by atoms with Gasteiger partial charge in [-0.05, 0) is 57.0 Å². The minimum atomic E-state index is -0.136. The fourth-order valence-electron chi connectivity index (χ4n) is 3.79. The molecule has 1 aliphatic heterocycles. The predicted molar refractivity (Wildman–Crippen MR) is 115 cm³/mol. The number of hydrogen-bond acceptors (Lipinski definition) is 6. The molecule has 1 atom stereocenters. The molecule has 1 amide bonds. The van der Waals surface area contributed by atoms with Gasteiger partial charge in [-0.2, -0.15) is 4.98 Å². The first kappa shape index (κ1) is 20.1. The van der Waals surface area contributed by atoms with Gasteiger partial charge in [0, 0.05) is 18.7 Å². The van der Waals surface area contributed by atoms with Crippen LogP contribution in [0, 0.1) is 0 Å². The van der Waals surface area contributed by atoms with Gasteiger partial charge in [-0.25, -0.2) is 0 Å². The van der Waals surface area contributed by atoms with Crippen LogP contribution in [0.25, 0.3) is 11.1 Å². The highest BCUT2D eigenvalue weighted by Gasteiger charge is 2.28. The molecule has 7 nitrogen and oxygen atoms in total. The van der Waals surface area contributed by atoms with E-state index in [0.717, 1.165) is 30.5 Å². The van der Waals surface area contributed by atoms with Crippen LogP contribution >= 0.6 is 0 Å². The number of oxazole rings is 1. The quantitative estimate of drug-likeness (QED) is 0.605. The lowest BCUT2D eigenvalue weighted by atomic mass is 10.1. The molecule has 1 unspecified atom stereocenters. The molecule has 0 radical (unpaired) electrons. The molecule has 1 aliphatic rings. The van der Waals surface area contributed by atoms with Gasteiger partial charge in [-0.3, -0.25) is 4.79 Å². The van der Waals surface area contributed by atoms with E-state index in [-0.39, 0.29) is 11.9 Å². The summed E-state index contributed by atoms with van der Waals surface area (Å²) in [4.78, 5) is 19.5. The Bertz CT molecular complexity index is 984. The molecular weight excluding hydrogens is 382 g/mol. The average molecular weight is 409 g/mol. The minimum absolute atomic E-state index is 0.136. The molecule has 0 aliphatic carbocycles. The Morgan fingerprint density at radius 1 is 1.17 bits per heavy atom. The summed E-state index contributed by atoms with van der Waals surface area (Å²) < 4.78 is 17.1. The molecule has 1 saturated heterocycles. The molecule has 0 bridgehead atoms. The van der Waals surface area contributed by atoms with Crippen LogP contribution in [-0.2, 0) is 0 Å². The van der Waals surface area contributed by atoms with E-state index in [2.05, 4.69) is 15.2 Å². The van der Waals surface area contributed by atoms with Gasteiger partial charge >= 0.3 is 0 Å². The monoisotopic (exact) mass is 409 g/mol. The van der Waals surface area contributed by atoms with Gasteiger partial charge in [0.2, 0.25) is 0 Å². The molecule has 2 heterocycles. The smallest absolute Gasteiger partial charge is 0.298 e. The Morgan fingerprint density at radius 3 is 2.77 bits per heavy atom. The molecule has 3 aromatic rings. The number of hydrogen-bond donors (Lipinski definition) is 1. The molecule has 0 spiro atoms. The van der Waals surface area contributed by atoms with Crippen LogP contribution in [0.2, 0.25) is 0 Å². The number of benzene rings is 2. The summed E-state index contributed by atoms with van der Waals surface area (Å²) in [6, 6.07) is 13.8. The van der Waals surface area contributed by atoms with Gasteiger partial charge in [0.1, 0.15) is 5.52 Å². The van der Waals surface area contributed by atoms with Gasteiger partial charge in [0.05, 0.1) is 19.3 Å². The lowest BCUT2D eigenvalue weighted by molar-refractivity contribution is 0.0950. The Labute approximate surface area is 176 Å². The SMILES string of the molecule is CCOc1ccc(C(=O)NCC2CCCN2c2nc3ccccc3o2)cc1OCC. The highest BCUT2D eigenvalue weighted by Crippen LogP contribution is 2.29. The fraction of sp³-hybridized carbons (Fsp3) is 0.391. The first-order valence-corrected chi connectivity index (χ1v) is 10.5. The van der Waals surface area contributed by atoms with Crippen molar-refractivity contribution in [1.29, 1.82) is 0 Å². The largest absolute Gasteiger partial charge is 0.490 e. The van der Waals surface area contributed by atoms with Crippen molar-refractivity contribution in [3.63, 3.8) is 0 Å². The Morgan fingerprint density at radius 2 is 1.97 bits per heavy atom. The molecular formula is C23H27N3O4. The molecule has 2 aromatic carbocycles. The molecule has 1 aromatic heterocycles. The van der Waals surface area contributed by atoms with E-state index in [1.54, 1.807) is 18.2 Å². The summed E-state index contributed by atoms with van der Waals surface area (Å²) in [6.07, 6.45) is 2.02. The second kappa shape index (κ2) is 9.07. The number of anilines is 1. The molecule has 4 rings (SSSR count). The normalized spacial score (nSPS) is 16.1. The average Bonchev–Trinajstić information content (AvgIpc) is 3.40. The predicted octanol–water partition coefficient (Wildman–Crippen LogP) is 4.02. The van der Waals surface area contributed by atoms with E-state index in [4.69, 9.17) is 13.9 Å². The lowest BCUT2D eigenvalue weighted by Crippen LogP contribution is -2.40. The second-order valence-corrected chi connectivity index (χ2v) is 7.19. The van der Waals surface area contributed by atoms with E-state index in [0.29, 0.717) is 42.8 Å². The topological polar surface area (TPSA) is 76.8 Å². The third-order valence-electron chi connectivity index (χ3n) is 5.21. The van der Waals surface area contributed by atoms with Crippen molar-refractivity contribution < 1.29 is 18.7 Å². The maximum Gasteiger partial charge on any atom is 0.298 e. The van der Waals surface area contributed by atoms with E-state index in [1.807, 2.05) is 38.1 Å². The highest BCUT2D eigenvalue weighted by atomic mass is 16.5. The van der Waals surface area contributed by atoms with E-state index in [1.165, 1.54) is 0 Å². The first-order valence-electron chi connectivity index (χ1n) is 10.5. The molecule has 0 saturated carbocycles. The van der Waals surface area contributed by atoms with Crippen LogP contribution in [0.15, 0.2) is 46.9 Å². The summed E-state index contributed by atoms with van der Waals surface area (Å²) in [5.74, 6) is 1.10. The first-order chi connectivity index (χ1) is 14.7. The van der Waals surface area contributed by atoms with Crippen molar-refractivity contribution in [2.24, 2.45) is 0 Å². The van der Waals surface area contributed by atoms with Gasteiger partial charge < -0.3 is 24.1 Å². The standard InChI is InChI=1S/C23H27N3O4/c1-3-28-20-12-11-16(14-21(20)29-4-2)22(27)24-15-17-8-7-13-26(17)23-25-18-9-5-6-10-19(18)30-23/h5-6,9-12,14,17H,3-4,7-8,13,15H2,1-2H3,(H,24,27). The highest BCUT2D eigenvalue weighted by molar-refractivity contribution is 5.95.